The molecule has 5 heteroatoms. The lowest BCUT2D eigenvalue weighted by molar-refractivity contribution is 0.280. The Morgan fingerprint density at radius 1 is 1.38 bits per heavy atom. The van der Waals surface area contributed by atoms with E-state index in [0.717, 1.165) is 17.6 Å². The number of hydrogen-bond donors (Lipinski definition) is 1. The molecule has 2 aromatic rings. The molecule has 0 saturated carbocycles. The molecule has 0 amide bonds. The van der Waals surface area contributed by atoms with E-state index in [9.17, 15) is 4.39 Å². The molecular weight excluding hydrogens is 209 g/mol. The zero-order valence-corrected chi connectivity index (χ0v) is 9.11. The first-order chi connectivity index (χ1) is 7.61. The maximum Gasteiger partial charge on any atom is 0.159 e. The van der Waals surface area contributed by atoms with Crippen LogP contribution in [0.4, 0.5) is 4.39 Å². The van der Waals surface area contributed by atoms with E-state index < -0.39 is 5.82 Å². The summed E-state index contributed by atoms with van der Waals surface area (Å²) in [5.74, 6) is 0.00355. The number of aliphatic hydroxyl groups is 1. The molecule has 0 aliphatic rings. The fraction of sp³-hybridized carbons (Fsp3) is 0.273. The van der Waals surface area contributed by atoms with Gasteiger partial charge in [-0.15, -0.1) is 0 Å². The lowest BCUT2D eigenvalue weighted by atomic mass is 10.2. The third-order valence-corrected chi connectivity index (χ3v) is 2.29. The molecule has 0 unspecified atom stereocenters. The van der Waals surface area contributed by atoms with Crippen molar-refractivity contribution in [2.45, 2.75) is 20.5 Å². The standard InChI is InChI=1S/C11H12FN3O/c1-7-3-8(2)15(14-7)11-9(6-16)4-10(12)5-13-11/h3-5,16H,6H2,1-2H3. The normalized spacial score (nSPS) is 10.8. The van der Waals surface area contributed by atoms with Gasteiger partial charge in [0, 0.05) is 11.3 Å². The van der Waals surface area contributed by atoms with Gasteiger partial charge in [-0.3, -0.25) is 0 Å². The third-order valence-electron chi connectivity index (χ3n) is 2.29. The van der Waals surface area contributed by atoms with Gasteiger partial charge in [-0.05, 0) is 26.0 Å². The summed E-state index contributed by atoms with van der Waals surface area (Å²) in [4.78, 5) is 3.96. The fourth-order valence-corrected chi connectivity index (χ4v) is 1.62. The highest BCUT2D eigenvalue weighted by Gasteiger charge is 2.10. The van der Waals surface area contributed by atoms with E-state index in [1.807, 2.05) is 19.9 Å². The number of aliphatic hydroxyl groups excluding tert-OH is 1. The second-order valence-corrected chi connectivity index (χ2v) is 3.63. The number of aromatic nitrogens is 3. The first kappa shape index (κ1) is 10.8. The molecule has 0 atom stereocenters. The van der Waals surface area contributed by atoms with Crippen LogP contribution < -0.4 is 0 Å². The minimum atomic E-state index is -0.464. The van der Waals surface area contributed by atoms with Crippen LogP contribution in [0.1, 0.15) is 17.0 Å². The summed E-state index contributed by atoms with van der Waals surface area (Å²) in [6.07, 6.45) is 1.12. The Morgan fingerprint density at radius 3 is 2.69 bits per heavy atom. The highest BCUT2D eigenvalue weighted by molar-refractivity contribution is 5.34. The lowest BCUT2D eigenvalue weighted by Crippen LogP contribution is -2.06. The highest BCUT2D eigenvalue weighted by atomic mass is 19.1. The zero-order valence-electron chi connectivity index (χ0n) is 9.11. The molecule has 16 heavy (non-hydrogen) atoms. The average Bonchev–Trinajstić information content (AvgIpc) is 2.57. The van der Waals surface area contributed by atoms with Crippen molar-refractivity contribution < 1.29 is 9.50 Å². The van der Waals surface area contributed by atoms with Crippen molar-refractivity contribution in [2.24, 2.45) is 0 Å². The van der Waals surface area contributed by atoms with Crippen molar-refractivity contribution in [3.63, 3.8) is 0 Å². The van der Waals surface area contributed by atoms with E-state index in [1.54, 1.807) is 4.68 Å². The van der Waals surface area contributed by atoms with Gasteiger partial charge in [-0.1, -0.05) is 0 Å². The van der Waals surface area contributed by atoms with Crippen LogP contribution in [0.3, 0.4) is 0 Å². The molecule has 0 spiro atoms. The van der Waals surface area contributed by atoms with Gasteiger partial charge in [0.15, 0.2) is 5.82 Å². The molecule has 0 bridgehead atoms. The Balaban J connectivity index is 2.59. The lowest BCUT2D eigenvalue weighted by Gasteiger charge is -2.07. The Labute approximate surface area is 92.4 Å². The Morgan fingerprint density at radius 2 is 2.12 bits per heavy atom. The van der Waals surface area contributed by atoms with Crippen LogP contribution in [-0.2, 0) is 6.61 Å². The van der Waals surface area contributed by atoms with Crippen LogP contribution in [0.15, 0.2) is 18.3 Å². The van der Waals surface area contributed by atoms with E-state index in [0.29, 0.717) is 11.4 Å². The fourth-order valence-electron chi connectivity index (χ4n) is 1.62. The van der Waals surface area contributed by atoms with Gasteiger partial charge in [-0.2, -0.15) is 5.10 Å². The Kier molecular flexibility index (Phi) is 2.70. The van der Waals surface area contributed by atoms with Gasteiger partial charge < -0.3 is 5.11 Å². The molecule has 0 aliphatic heterocycles. The quantitative estimate of drug-likeness (QED) is 0.836. The molecule has 4 nitrogen and oxygen atoms in total. The SMILES string of the molecule is Cc1cc(C)n(-c2ncc(F)cc2CO)n1. The molecule has 0 radical (unpaired) electrons. The molecule has 2 heterocycles. The molecule has 1 N–H and O–H groups in total. The summed E-state index contributed by atoms with van der Waals surface area (Å²) in [7, 11) is 0. The first-order valence-electron chi connectivity index (χ1n) is 4.90. The van der Waals surface area contributed by atoms with E-state index in [4.69, 9.17) is 5.11 Å². The summed E-state index contributed by atoms with van der Waals surface area (Å²) < 4.78 is 14.5. The monoisotopic (exact) mass is 221 g/mol. The van der Waals surface area contributed by atoms with Gasteiger partial charge in [0.1, 0.15) is 5.82 Å². The van der Waals surface area contributed by atoms with Crippen molar-refractivity contribution in [2.75, 3.05) is 0 Å². The maximum atomic E-state index is 13.0. The molecule has 0 aliphatic carbocycles. The van der Waals surface area contributed by atoms with Gasteiger partial charge >= 0.3 is 0 Å². The zero-order chi connectivity index (χ0) is 11.7. The number of rotatable bonds is 2. The van der Waals surface area contributed by atoms with Crippen LogP contribution in [-0.4, -0.2) is 19.9 Å². The molecule has 84 valence electrons. The van der Waals surface area contributed by atoms with Crippen LogP contribution in [0.5, 0.6) is 0 Å². The second kappa shape index (κ2) is 4.02. The van der Waals surface area contributed by atoms with Crippen molar-refractivity contribution in [3.05, 3.63) is 41.1 Å². The first-order valence-corrected chi connectivity index (χ1v) is 4.90. The van der Waals surface area contributed by atoms with E-state index in [-0.39, 0.29) is 6.61 Å². The van der Waals surface area contributed by atoms with Crippen LogP contribution >= 0.6 is 0 Å². The van der Waals surface area contributed by atoms with Gasteiger partial charge in [-0.25, -0.2) is 14.1 Å². The predicted molar refractivity (Wildman–Crippen MR) is 56.7 cm³/mol. The summed E-state index contributed by atoms with van der Waals surface area (Å²) in [5.41, 5.74) is 2.17. The largest absolute Gasteiger partial charge is 0.392 e. The highest BCUT2D eigenvalue weighted by Crippen LogP contribution is 2.15. The summed E-state index contributed by atoms with van der Waals surface area (Å²) in [6.45, 7) is 3.48. The number of hydrogen-bond acceptors (Lipinski definition) is 3. The Bertz CT molecular complexity index is 522. The van der Waals surface area contributed by atoms with Crippen molar-refractivity contribution in [1.29, 1.82) is 0 Å². The summed E-state index contributed by atoms with van der Waals surface area (Å²) in [6, 6.07) is 3.16. The molecule has 0 saturated heterocycles. The maximum absolute atomic E-state index is 13.0. The van der Waals surface area contributed by atoms with Crippen LogP contribution in [0.25, 0.3) is 5.82 Å². The Hall–Kier alpha value is -1.75. The molecule has 2 aromatic heterocycles. The smallest absolute Gasteiger partial charge is 0.159 e. The number of nitrogens with zero attached hydrogens (tertiary/aromatic N) is 3. The molecule has 2 rings (SSSR count). The second-order valence-electron chi connectivity index (χ2n) is 3.63. The summed E-state index contributed by atoms with van der Waals surface area (Å²) >= 11 is 0. The number of halogens is 1. The van der Waals surface area contributed by atoms with Gasteiger partial charge in [0.2, 0.25) is 0 Å². The minimum Gasteiger partial charge on any atom is -0.392 e. The summed E-state index contributed by atoms with van der Waals surface area (Å²) in [5, 5.41) is 13.4. The average molecular weight is 221 g/mol. The van der Waals surface area contributed by atoms with Gasteiger partial charge in [0.25, 0.3) is 0 Å². The molecular formula is C11H12FN3O. The number of pyridine rings is 1. The minimum absolute atomic E-state index is 0.265. The van der Waals surface area contributed by atoms with E-state index in [2.05, 4.69) is 10.1 Å². The molecule has 0 aromatic carbocycles. The molecule has 0 fully saturated rings. The van der Waals surface area contributed by atoms with Gasteiger partial charge in [0.05, 0.1) is 18.5 Å². The number of aryl methyl sites for hydroxylation is 2. The van der Waals surface area contributed by atoms with E-state index in [1.165, 1.54) is 6.07 Å². The van der Waals surface area contributed by atoms with E-state index >= 15 is 0 Å². The van der Waals surface area contributed by atoms with Crippen LogP contribution in [0.2, 0.25) is 0 Å². The topological polar surface area (TPSA) is 50.9 Å². The van der Waals surface area contributed by atoms with Crippen molar-refractivity contribution >= 4 is 0 Å². The predicted octanol–water partition coefficient (Wildman–Crippen LogP) is 1.52. The van der Waals surface area contributed by atoms with Crippen LogP contribution in [0, 0.1) is 19.7 Å². The third kappa shape index (κ3) is 1.81. The van der Waals surface area contributed by atoms with Crippen molar-refractivity contribution in [1.82, 2.24) is 14.8 Å². The van der Waals surface area contributed by atoms with Crippen molar-refractivity contribution in [3.8, 4) is 5.82 Å².